The van der Waals surface area contributed by atoms with Gasteiger partial charge in [0.25, 0.3) is 0 Å². The first-order valence-corrected chi connectivity index (χ1v) is 14.8. The highest BCUT2D eigenvalue weighted by Gasteiger charge is 2.10. The smallest absolute Gasteiger partial charge is 0.126 e. The second kappa shape index (κ2) is 5.85. The number of rotatable bonds is 0. The first-order chi connectivity index (χ1) is 8.07. The Balaban J connectivity index is 3.18. The van der Waals surface area contributed by atoms with Crippen LogP contribution in [-0.2, 0) is 0 Å². The van der Waals surface area contributed by atoms with Gasteiger partial charge in [0.2, 0.25) is 0 Å². The maximum absolute atomic E-state index is 5.26. The van der Waals surface area contributed by atoms with E-state index in [1.54, 1.807) is 22.7 Å². The van der Waals surface area contributed by atoms with Crippen LogP contribution in [0.1, 0.15) is 9.75 Å². The highest BCUT2D eigenvalue weighted by Crippen LogP contribution is 2.23. The van der Waals surface area contributed by atoms with Crippen LogP contribution in [-0.4, -0.2) is 16.1 Å². The Morgan fingerprint density at radius 1 is 0.778 bits per heavy atom. The van der Waals surface area contributed by atoms with Crippen molar-refractivity contribution in [2.75, 3.05) is 0 Å². The Labute approximate surface area is 125 Å². The Morgan fingerprint density at radius 3 is 1.39 bits per heavy atom. The fourth-order valence-corrected chi connectivity index (χ4v) is 4.36. The SMILES string of the molecule is C[Si](C)(C)C#Cc1sc(=S)sc1C#C[Si](C)(C)C. The predicted octanol–water partition coefficient (Wildman–Crippen LogP) is 5.00. The molecule has 0 bridgehead atoms. The van der Waals surface area contributed by atoms with Gasteiger partial charge in [0.1, 0.15) is 29.0 Å². The molecule has 0 nitrogen and oxygen atoms in total. The summed E-state index contributed by atoms with van der Waals surface area (Å²) in [5, 5.41) is 0. The molecule has 0 radical (unpaired) electrons. The van der Waals surface area contributed by atoms with E-state index in [-0.39, 0.29) is 0 Å². The van der Waals surface area contributed by atoms with Gasteiger partial charge in [-0.1, -0.05) is 63.3 Å². The van der Waals surface area contributed by atoms with Crippen molar-refractivity contribution >= 4 is 51.0 Å². The van der Waals surface area contributed by atoms with Gasteiger partial charge in [0.15, 0.2) is 0 Å². The standard InChI is InChI=1S/C13H18S3Si2/c1-17(2,3)9-7-11-12(16-13(14)15-11)8-10-18(4,5)6/h1-6H3. The minimum atomic E-state index is -1.34. The molecule has 0 unspecified atom stereocenters. The Morgan fingerprint density at radius 2 is 1.11 bits per heavy atom. The van der Waals surface area contributed by atoms with E-state index in [9.17, 15) is 0 Å². The van der Waals surface area contributed by atoms with Crippen molar-refractivity contribution in [3.63, 3.8) is 0 Å². The molecular weight excluding hydrogens is 309 g/mol. The third-order valence-electron chi connectivity index (χ3n) is 1.68. The number of hydrogen-bond acceptors (Lipinski definition) is 3. The summed E-state index contributed by atoms with van der Waals surface area (Å²) in [4.78, 5) is 2.14. The third kappa shape index (κ3) is 6.13. The lowest BCUT2D eigenvalue weighted by atomic mass is 10.4. The minimum absolute atomic E-state index is 0.926. The monoisotopic (exact) mass is 326 g/mol. The zero-order chi connectivity index (χ0) is 14.0. The van der Waals surface area contributed by atoms with E-state index in [4.69, 9.17) is 12.2 Å². The van der Waals surface area contributed by atoms with Gasteiger partial charge in [-0.2, -0.15) is 0 Å². The molecule has 0 aliphatic carbocycles. The second-order valence-corrected chi connectivity index (χ2v) is 18.8. The van der Waals surface area contributed by atoms with Crippen LogP contribution in [0.5, 0.6) is 0 Å². The lowest BCUT2D eigenvalue weighted by Crippen LogP contribution is -2.16. The second-order valence-electron chi connectivity index (χ2n) is 6.11. The molecule has 0 aromatic carbocycles. The average Bonchev–Trinajstić information content (AvgIpc) is 2.51. The van der Waals surface area contributed by atoms with Gasteiger partial charge in [-0.25, -0.2) is 0 Å². The molecule has 0 fully saturated rings. The van der Waals surface area contributed by atoms with Crippen molar-refractivity contribution in [3.8, 4) is 22.9 Å². The van der Waals surface area contributed by atoms with Gasteiger partial charge in [-0.3, -0.25) is 0 Å². The zero-order valence-corrected chi connectivity index (χ0v) is 16.2. The molecule has 96 valence electrons. The average molecular weight is 327 g/mol. The molecule has 1 heterocycles. The maximum Gasteiger partial charge on any atom is 0.146 e. The lowest BCUT2D eigenvalue weighted by Gasteiger charge is -2.03. The molecular formula is C13H18S3Si2. The van der Waals surface area contributed by atoms with Crippen molar-refractivity contribution in [1.29, 1.82) is 0 Å². The van der Waals surface area contributed by atoms with E-state index in [1.807, 2.05) is 0 Å². The molecule has 0 atom stereocenters. The predicted molar refractivity (Wildman–Crippen MR) is 93.5 cm³/mol. The van der Waals surface area contributed by atoms with Crippen molar-refractivity contribution in [1.82, 2.24) is 0 Å². The van der Waals surface area contributed by atoms with Crippen molar-refractivity contribution in [3.05, 3.63) is 12.9 Å². The molecule has 0 saturated carbocycles. The van der Waals surface area contributed by atoms with Gasteiger partial charge in [0.05, 0.1) is 0 Å². The molecule has 5 heteroatoms. The van der Waals surface area contributed by atoms with Gasteiger partial charge in [-0.05, 0) is 0 Å². The topological polar surface area (TPSA) is 0 Å². The van der Waals surface area contributed by atoms with E-state index in [0.29, 0.717) is 0 Å². The fraction of sp³-hybridized carbons (Fsp3) is 0.462. The summed E-state index contributed by atoms with van der Waals surface area (Å²) in [7, 11) is -2.67. The van der Waals surface area contributed by atoms with Crippen LogP contribution in [0.4, 0.5) is 0 Å². The summed E-state index contributed by atoms with van der Waals surface area (Å²) in [5.74, 6) is 6.59. The van der Waals surface area contributed by atoms with Gasteiger partial charge < -0.3 is 0 Å². The van der Waals surface area contributed by atoms with Crippen molar-refractivity contribution < 1.29 is 0 Å². The summed E-state index contributed by atoms with van der Waals surface area (Å²) in [6.07, 6.45) is 0. The zero-order valence-electron chi connectivity index (χ0n) is 11.7. The van der Waals surface area contributed by atoms with Crippen LogP contribution in [0.3, 0.4) is 0 Å². The van der Waals surface area contributed by atoms with Gasteiger partial charge in [-0.15, -0.1) is 33.8 Å². The Bertz CT molecular complexity index is 549. The third-order valence-corrected chi connectivity index (χ3v) is 5.91. The minimum Gasteiger partial charge on any atom is -0.126 e. The van der Waals surface area contributed by atoms with Crippen LogP contribution >= 0.6 is 34.9 Å². The molecule has 0 N–H and O–H groups in total. The van der Waals surface area contributed by atoms with Crippen molar-refractivity contribution in [2.24, 2.45) is 0 Å². The summed E-state index contributed by atoms with van der Waals surface area (Å²) < 4.78 is 0.926. The number of hydrogen-bond donors (Lipinski definition) is 0. The molecule has 0 aliphatic rings. The Hall–Kier alpha value is -0.176. The first kappa shape index (κ1) is 15.9. The Kier molecular flexibility index (Phi) is 5.17. The summed E-state index contributed by atoms with van der Waals surface area (Å²) >= 11 is 8.46. The van der Waals surface area contributed by atoms with E-state index >= 15 is 0 Å². The molecule has 18 heavy (non-hydrogen) atoms. The molecule has 0 amide bonds. The summed E-state index contributed by atoms with van der Waals surface area (Å²) in [5.41, 5.74) is 6.78. The molecule has 1 aromatic heterocycles. The van der Waals surface area contributed by atoms with Gasteiger partial charge >= 0.3 is 0 Å². The molecule has 0 saturated heterocycles. The van der Waals surface area contributed by atoms with Crippen LogP contribution in [0.25, 0.3) is 0 Å². The first-order valence-electron chi connectivity index (χ1n) is 5.77. The molecule has 1 aromatic rings. The van der Waals surface area contributed by atoms with E-state index in [2.05, 4.69) is 62.2 Å². The van der Waals surface area contributed by atoms with Crippen LogP contribution in [0, 0.1) is 26.1 Å². The highest BCUT2D eigenvalue weighted by atomic mass is 32.2. The molecule has 0 aliphatic heterocycles. The molecule has 0 spiro atoms. The van der Waals surface area contributed by atoms with E-state index < -0.39 is 16.1 Å². The highest BCUT2D eigenvalue weighted by molar-refractivity contribution is 7.76. The van der Waals surface area contributed by atoms with Crippen LogP contribution in [0.2, 0.25) is 39.3 Å². The van der Waals surface area contributed by atoms with Crippen LogP contribution in [0.15, 0.2) is 0 Å². The summed E-state index contributed by atoms with van der Waals surface area (Å²) in [6, 6.07) is 0. The lowest BCUT2D eigenvalue weighted by molar-refractivity contribution is 1.80. The van der Waals surface area contributed by atoms with E-state index in [0.717, 1.165) is 12.9 Å². The largest absolute Gasteiger partial charge is 0.146 e. The van der Waals surface area contributed by atoms with E-state index in [1.165, 1.54) is 0 Å². The fourth-order valence-electron chi connectivity index (χ4n) is 0.933. The van der Waals surface area contributed by atoms with Crippen molar-refractivity contribution in [2.45, 2.75) is 39.3 Å². The van der Waals surface area contributed by atoms with Gasteiger partial charge in [0, 0.05) is 0 Å². The summed E-state index contributed by atoms with van der Waals surface area (Å²) in [6.45, 7) is 13.5. The quantitative estimate of drug-likeness (QED) is 0.367. The molecule has 1 rings (SSSR count). The maximum atomic E-state index is 5.26. The normalized spacial score (nSPS) is 11.2. The van der Waals surface area contributed by atoms with Crippen LogP contribution < -0.4 is 0 Å².